The van der Waals surface area contributed by atoms with E-state index in [1.54, 1.807) is 37.3 Å². The number of carbonyl (C=O) groups is 2. The first-order valence-electron chi connectivity index (χ1n) is 9.36. The van der Waals surface area contributed by atoms with Crippen LogP contribution in [0.3, 0.4) is 0 Å². The third-order valence-electron chi connectivity index (χ3n) is 5.47. The average molecular weight is 450 g/mol. The molecule has 0 fully saturated rings. The number of amides is 2. The van der Waals surface area contributed by atoms with E-state index in [0.717, 1.165) is 16.8 Å². The number of hydrazine groups is 2. The minimum absolute atomic E-state index is 0.142. The Morgan fingerprint density at radius 2 is 1.90 bits per heavy atom. The Balaban J connectivity index is 1.82. The third kappa shape index (κ3) is 4.24. The van der Waals surface area contributed by atoms with Gasteiger partial charge in [0.2, 0.25) is 0 Å². The van der Waals surface area contributed by atoms with Crippen LogP contribution < -0.4 is 16.4 Å². The van der Waals surface area contributed by atoms with E-state index >= 15 is 0 Å². The van der Waals surface area contributed by atoms with Crippen molar-refractivity contribution in [3.8, 4) is 11.1 Å². The van der Waals surface area contributed by atoms with Crippen molar-refractivity contribution in [2.75, 3.05) is 18.2 Å². The van der Waals surface area contributed by atoms with Crippen LogP contribution in [0.5, 0.6) is 0 Å². The summed E-state index contributed by atoms with van der Waals surface area (Å²) in [5.74, 6) is -1.92. The molecule has 9 nitrogen and oxygen atoms in total. The van der Waals surface area contributed by atoms with Crippen LogP contribution in [-0.4, -0.2) is 48.0 Å². The summed E-state index contributed by atoms with van der Waals surface area (Å²) >= 11 is 0. The normalized spacial score (nSPS) is 15.6. The highest BCUT2D eigenvalue weighted by Gasteiger charge is 2.44. The molecule has 0 bridgehead atoms. The van der Waals surface area contributed by atoms with Crippen LogP contribution in [0.1, 0.15) is 29.3 Å². The Bertz CT molecular complexity index is 1150. The zero-order valence-electron chi connectivity index (χ0n) is 17.2. The van der Waals surface area contributed by atoms with E-state index in [1.165, 1.54) is 18.5 Å². The third-order valence-corrected chi connectivity index (χ3v) is 7.50. The van der Waals surface area contributed by atoms with Gasteiger partial charge in [0, 0.05) is 18.4 Å². The quantitative estimate of drug-likeness (QED) is 0.390. The number of halogens is 1. The van der Waals surface area contributed by atoms with Crippen molar-refractivity contribution in [1.82, 2.24) is 16.0 Å². The first kappa shape index (κ1) is 22.7. The first-order chi connectivity index (χ1) is 14.5. The second kappa shape index (κ2) is 8.25. The Morgan fingerprint density at radius 3 is 2.52 bits per heavy atom. The molecule has 1 aliphatic heterocycles. The molecule has 4 N–H and O–H groups in total. The summed E-state index contributed by atoms with van der Waals surface area (Å²) in [5, 5.41) is 10.0. The lowest BCUT2D eigenvalue weighted by molar-refractivity contribution is -0.131. The lowest BCUT2D eigenvalue weighted by Crippen LogP contribution is -2.55. The van der Waals surface area contributed by atoms with Gasteiger partial charge in [0.25, 0.3) is 11.8 Å². The summed E-state index contributed by atoms with van der Waals surface area (Å²) < 4.78 is 36.5. The molecule has 0 aromatic heterocycles. The van der Waals surface area contributed by atoms with Crippen molar-refractivity contribution in [2.24, 2.45) is 0 Å². The number of benzene rings is 2. The highest BCUT2D eigenvalue weighted by Crippen LogP contribution is 2.30. The van der Waals surface area contributed by atoms with Gasteiger partial charge >= 0.3 is 0 Å². The topological polar surface area (TPSA) is 128 Å². The Morgan fingerprint density at radius 1 is 1.23 bits per heavy atom. The molecule has 0 saturated carbocycles. The predicted molar refractivity (Wildman–Crippen MR) is 112 cm³/mol. The number of nitrogens with one attached hydrogen (secondary N) is 3. The smallest absolute Gasteiger partial charge is 0.271 e. The molecular formula is C20H23FN4O5S. The van der Waals surface area contributed by atoms with E-state index in [-0.39, 0.29) is 18.8 Å². The Labute approximate surface area is 179 Å². The van der Waals surface area contributed by atoms with Crippen LogP contribution >= 0.6 is 0 Å². The second-order valence-electron chi connectivity index (χ2n) is 7.63. The average Bonchev–Trinajstić information content (AvgIpc) is 2.71. The van der Waals surface area contributed by atoms with Gasteiger partial charge in [0.15, 0.2) is 14.6 Å². The molecule has 11 heteroatoms. The molecule has 2 aromatic carbocycles. The van der Waals surface area contributed by atoms with E-state index in [2.05, 4.69) is 11.0 Å². The molecular weight excluding hydrogens is 427 g/mol. The van der Waals surface area contributed by atoms with Crippen molar-refractivity contribution in [3.63, 3.8) is 0 Å². The van der Waals surface area contributed by atoms with E-state index in [0.29, 0.717) is 22.4 Å². The number of hydroxylamine groups is 1. The summed E-state index contributed by atoms with van der Waals surface area (Å²) in [7, 11) is -3.89. The number of anilines is 1. The van der Waals surface area contributed by atoms with Crippen LogP contribution in [0, 0.1) is 12.7 Å². The van der Waals surface area contributed by atoms with Gasteiger partial charge < -0.3 is 5.43 Å². The highest BCUT2D eigenvalue weighted by atomic mass is 32.2. The molecule has 1 heterocycles. The molecule has 3 rings (SSSR count). The fourth-order valence-corrected chi connectivity index (χ4v) is 4.09. The lowest BCUT2D eigenvalue weighted by Gasteiger charge is -2.33. The highest BCUT2D eigenvalue weighted by molar-refractivity contribution is 7.92. The summed E-state index contributed by atoms with van der Waals surface area (Å²) in [6.45, 7) is 2.82. The number of aryl methyl sites for hydroxylation is 1. The number of sulfone groups is 1. The van der Waals surface area contributed by atoms with Crippen molar-refractivity contribution in [3.05, 3.63) is 53.3 Å². The van der Waals surface area contributed by atoms with E-state index in [4.69, 9.17) is 5.21 Å². The lowest BCUT2D eigenvalue weighted by atomic mass is 10.00. The van der Waals surface area contributed by atoms with E-state index in [9.17, 15) is 22.4 Å². The molecule has 166 valence electrons. The van der Waals surface area contributed by atoms with Gasteiger partial charge in [-0.1, -0.05) is 18.2 Å². The SMILES string of the molecule is Cc1ccc(-c2ccc3c(c2)NNN(CCC(C)(C(=O)NO)S(C)(=O)=O)C3=O)c(F)c1. The molecule has 1 aliphatic rings. The number of carbonyl (C=O) groups excluding carboxylic acids is 2. The van der Waals surface area contributed by atoms with Gasteiger partial charge in [0.1, 0.15) is 5.82 Å². The second-order valence-corrected chi connectivity index (χ2v) is 10.1. The van der Waals surface area contributed by atoms with Gasteiger partial charge in [-0.2, -0.15) is 0 Å². The number of nitrogens with zero attached hydrogens (tertiary/aromatic N) is 1. The fourth-order valence-electron chi connectivity index (χ4n) is 3.25. The predicted octanol–water partition coefficient (Wildman–Crippen LogP) is 1.79. The summed E-state index contributed by atoms with van der Waals surface area (Å²) in [6.07, 6.45) is 0.619. The van der Waals surface area contributed by atoms with E-state index < -0.39 is 26.4 Å². The van der Waals surface area contributed by atoms with Crippen molar-refractivity contribution in [1.29, 1.82) is 0 Å². The van der Waals surface area contributed by atoms with Gasteiger partial charge in [0.05, 0.1) is 11.3 Å². The number of fused-ring (bicyclic) bond motifs is 1. The molecule has 1 atom stereocenters. The summed E-state index contributed by atoms with van der Waals surface area (Å²) in [4.78, 5) is 24.8. The molecule has 1 unspecified atom stereocenters. The maximum Gasteiger partial charge on any atom is 0.271 e. The van der Waals surface area contributed by atoms with Gasteiger partial charge in [-0.05, 0) is 49.6 Å². The maximum atomic E-state index is 14.3. The zero-order chi connectivity index (χ0) is 23.0. The Kier molecular flexibility index (Phi) is 6.03. The maximum absolute atomic E-state index is 14.3. The van der Waals surface area contributed by atoms with Gasteiger partial charge in [-0.3, -0.25) is 19.8 Å². The molecule has 31 heavy (non-hydrogen) atoms. The zero-order valence-corrected chi connectivity index (χ0v) is 18.0. The number of hydrogen-bond acceptors (Lipinski definition) is 7. The summed E-state index contributed by atoms with van der Waals surface area (Å²) in [5.41, 5.74) is 9.35. The minimum Gasteiger partial charge on any atom is -0.303 e. The van der Waals surface area contributed by atoms with Crippen molar-refractivity contribution >= 4 is 27.3 Å². The van der Waals surface area contributed by atoms with Gasteiger partial charge in [-0.15, -0.1) is 5.53 Å². The summed E-state index contributed by atoms with van der Waals surface area (Å²) in [6, 6.07) is 9.67. The molecule has 0 spiro atoms. The molecule has 2 aromatic rings. The van der Waals surface area contributed by atoms with Crippen LogP contribution in [-0.2, 0) is 14.6 Å². The fraction of sp³-hybridized carbons (Fsp3) is 0.300. The molecule has 0 saturated heterocycles. The standard InChI is InChI=1S/C20H23FN4O5S/c1-12-4-6-14(16(21)10-12)13-5-7-15-17(11-13)22-24-25(18(15)26)9-8-20(2,19(27)23-28)31(3,29)30/h4-7,10-11,22,24,28H,8-9H2,1-3H3,(H,23,27). The van der Waals surface area contributed by atoms with Crippen LogP contribution in [0.15, 0.2) is 36.4 Å². The monoisotopic (exact) mass is 450 g/mol. The van der Waals surface area contributed by atoms with Gasteiger partial charge in [-0.25, -0.2) is 18.3 Å². The molecule has 2 amide bonds. The van der Waals surface area contributed by atoms with Crippen molar-refractivity contribution in [2.45, 2.75) is 25.0 Å². The van der Waals surface area contributed by atoms with E-state index in [1.807, 2.05) is 0 Å². The minimum atomic E-state index is -3.89. The first-order valence-corrected chi connectivity index (χ1v) is 11.3. The number of hydrogen-bond donors (Lipinski definition) is 4. The molecule has 0 aliphatic carbocycles. The van der Waals surface area contributed by atoms with Crippen LogP contribution in [0.25, 0.3) is 11.1 Å². The van der Waals surface area contributed by atoms with Crippen molar-refractivity contribution < 1.29 is 27.6 Å². The molecule has 0 radical (unpaired) electrons. The van der Waals surface area contributed by atoms with Crippen LogP contribution in [0.2, 0.25) is 0 Å². The number of rotatable bonds is 6. The largest absolute Gasteiger partial charge is 0.303 e. The van der Waals surface area contributed by atoms with Crippen LogP contribution in [0.4, 0.5) is 10.1 Å². The Hall–Kier alpha value is -3.02.